The molecule has 1 N–H and O–H groups in total. The number of carbonyl (C=O) groups is 1. The summed E-state index contributed by atoms with van der Waals surface area (Å²) in [7, 11) is 3.94. The van der Waals surface area contributed by atoms with E-state index in [-0.39, 0.29) is 11.4 Å². The van der Waals surface area contributed by atoms with Crippen molar-refractivity contribution < 1.29 is 4.79 Å². The van der Waals surface area contributed by atoms with Gasteiger partial charge in [0, 0.05) is 24.3 Å². The predicted molar refractivity (Wildman–Crippen MR) is 121 cm³/mol. The Labute approximate surface area is 176 Å². The van der Waals surface area contributed by atoms with Crippen LogP contribution in [-0.4, -0.2) is 46.8 Å². The number of nitrogens with zero attached hydrogens (tertiary/aromatic N) is 4. The highest BCUT2D eigenvalue weighted by Crippen LogP contribution is 2.33. The van der Waals surface area contributed by atoms with E-state index >= 15 is 0 Å². The number of thioether (sulfide) groups is 1. The van der Waals surface area contributed by atoms with Gasteiger partial charge in [0.15, 0.2) is 5.17 Å². The number of aliphatic imine (C=N–C) groups is 1. The van der Waals surface area contributed by atoms with Gasteiger partial charge in [-0.15, -0.1) is 0 Å². The molecule has 1 aromatic rings. The number of rotatable bonds is 4. The highest BCUT2D eigenvalue weighted by atomic mass is 79.9. The lowest BCUT2D eigenvalue weighted by atomic mass is 10.1. The molecule has 0 spiro atoms. The van der Waals surface area contributed by atoms with Gasteiger partial charge >= 0.3 is 0 Å². The molecule has 9 heteroatoms. The Morgan fingerprint density at radius 3 is 2.78 bits per heavy atom. The number of nitrogens with one attached hydrogen (secondary N) is 1. The highest BCUT2D eigenvalue weighted by molar-refractivity contribution is 9.10. The van der Waals surface area contributed by atoms with Crippen molar-refractivity contribution in [1.82, 2.24) is 4.90 Å². The summed E-state index contributed by atoms with van der Waals surface area (Å²) in [5.74, 6) is 1.11. The van der Waals surface area contributed by atoms with Crippen molar-refractivity contribution >= 4 is 73.5 Å². The Balaban J connectivity index is 1.90. The SMILES string of the molecule is CC(C)CSC1=NSC2=NC(=O)/C(=C\c3ccc(N(C)C)c(Br)c3)C(=N)N12. The topological polar surface area (TPSA) is 72.1 Å². The molecule has 0 radical (unpaired) electrons. The molecule has 1 amide bonds. The molecule has 6 nitrogen and oxygen atoms in total. The fourth-order valence-electron chi connectivity index (χ4n) is 2.48. The maximum absolute atomic E-state index is 12.5. The van der Waals surface area contributed by atoms with Crippen molar-refractivity contribution in [2.45, 2.75) is 13.8 Å². The molecule has 2 aliphatic rings. The summed E-state index contributed by atoms with van der Waals surface area (Å²) in [6.07, 6.45) is 1.71. The molecule has 27 heavy (non-hydrogen) atoms. The van der Waals surface area contributed by atoms with Crippen LogP contribution in [0.25, 0.3) is 6.08 Å². The summed E-state index contributed by atoms with van der Waals surface area (Å²) in [6.45, 7) is 4.27. The largest absolute Gasteiger partial charge is 0.377 e. The van der Waals surface area contributed by atoms with E-state index < -0.39 is 5.91 Å². The first kappa shape index (κ1) is 20.2. The molecule has 0 atom stereocenters. The van der Waals surface area contributed by atoms with Crippen molar-refractivity contribution in [1.29, 1.82) is 5.41 Å². The molecule has 2 heterocycles. The van der Waals surface area contributed by atoms with Crippen molar-refractivity contribution in [3.63, 3.8) is 0 Å². The number of carbonyl (C=O) groups excluding carboxylic acids is 1. The first-order valence-electron chi connectivity index (χ1n) is 8.36. The molecule has 3 rings (SSSR count). The minimum Gasteiger partial charge on any atom is -0.377 e. The third kappa shape index (κ3) is 4.30. The van der Waals surface area contributed by atoms with Crippen molar-refractivity contribution in [2.24, 2.45) is 15.3 Å². The Morgan fingerprint density at radius 1 is 1.41 bits per heavy atom. The first-order chi connectivity index (χ1) is 12.8. The Morgan fingerprint density at radius 2 is 2.15 bits per heavy atom. The van der Waals surface area contributed by atoms with E-state index in [9.17, 15) is 4.79 Å². The van der Waals surface area contributed by atoms with Crippen LogP contribution >= 0.6 is 39.6 Å². The van der Waals surface area contributed by atoms with E-state index in [2.05, 4.69) is 39.2 Å². The molecule has 1 aromatic carbocycles. The van der Waals surface area contributed by atoms with Crippen LogP contribution in [0.3, 0.4) is 0 Å². The van der Waals surface area contributed by atoms with E-state index in [1.165, 1.54) is 0 Å². The molecule has 142 valence electrons. The summed E-state index contributed by atoms with van der Waals surface area (Å²) >= 11 is 6.29. The van der Waals surface area contributed by atoms with Crippen LogP contribution in [0.5, 0.6) is 0 Å². The number of hydrogen-bond acceptors (Lipinski definition) is 6. The van der Waals surface area contributed by atoms with Gasteiger partial charge in [0.05, 0.1) is 23.2 Å². The maximum Gasteiger partial charge on any atom is 0.283 e. The zero-order valence-corrected chi connectivity index (χ0v) is 18.7. The number of benzene rings is 1. The number of fused-ring (bicyclic) bond motifs is 1. The maximum atomic E-state index is 12.5. The number of halogens is 1. The van der Waals surface area contributed by atoms with Crippen LogP contribution in [0.4, 0.5) is 5.69 Å². The van der Waals surface area contributed by atoms with Gasteiger partial charge in [0.1, 0.15) is 5.84 Å². The third-order valence-electron chi connectivity index (χ3n) is 3.80. The van der Waals surface area contributed by atoms with Gasteiger partial charge in [-0.25, -0.2) is 4.90 Å². The number of amides is 1. The van der Waals surface area contributed by atoms with Crippen molar-refractivity contribution in [3.8, 4) is 0 Å². The average Bonchev–Trinajstić information content (AvgIpc) is 2.99. The van der Waals surface area contributed by atoms with Gasteiger partial charge in [-0.2, -0.15) is 9.39 Å². The van der Waals surface area contributed by atoms with Crippen molar-refractivity contribution in [2.75, 3.05) is 24.7 Å². The standard InChI is InChI=1S/C18H20BrN5OS2/c1-10(2)9-26-18-22-27-17-21-16(25)12(15(20)24(17)18)7-11-5-6-14(23(3)4)13(19)8-11/h5-8,10,20H,9H2,1-4H3/b12-7-,20-15?. The molecule has 0 aromatic heterocycles. The molecule has 2 aliphatic heterocycles. The van der Waals surface area contributed by atoms with Crippen LogP contribution in [-0.2, 0) is 4.79 Å². The summed E-state index contributed by atoms with van der Waals surface area (Å²) in [4.78, 5) is 20.3. The van der Waals surface area contributed by atoms with E-state index in [0.29, 0.717) is 16.3 Å². The minimum atomic E-state index is -0.406. The van der Waals surface area contributed by atoms with E-state index in [0.717, 1.165) is 33.4 Å². The van der Waals surface area contributed by atoms with Gasteiger partial charge in [-0.1, -0.05) is 31.7 Å². The lowest BCUT2D eigenvalue weighted by molar-refractivity contribution is -0.114. The molecular weight excluding hydrogens is 446 g/mol. The quantitative estimate of drug-likeness (QED) is 0.523. The van der Waals surface area contributed by atoms with E-state index in [4.69, 9.17) is 5.41 Å². The van der Waals surface area contributed by atoms with Gasteiger partial charge in [0.2, 0.25) is 5.17 Å². The lowest BCUT2D eigenvalue weighted by Gasteiger charge is -2.24. The molecular formula is C18H20BrN5OS2. The summed E-state index contributed by atoms with van der Waals surface area (Å²) in [6, 6.07) is 5.83. The molecule has 0 saturated heterocycles. The van der Waals surface area contributed by atoms with Crippen LogP contribution in [0.15, 0.2) is 37.6 Å². The zero-order chi connectivity index (χ0) is 19.7. The van der Waals surface area contributed by atoms with Gasteiger partial charge in [-0.3, -0.25) is 10.2 Å². The number of anilines is 1. The molecule has 0 bridgehead atoms. The van der Waals surface area contributed by atoms with Crippen LogP contribution in [0.2, 0.25) is 0 Å². The van der Waals surface area contributed by atoms with E-state index in [1.807, 2.05) is 37.2 Å². The minimum absolute atomic E-state index is 0.123. The predicted octanol–water partition coefficient (Wildman–Crippen LogP) is 4.48. The van der Waals surface area contributed by atoms with Gasteiger partial charge < -0.3 is 4.90 Å². The van der Waals surface area contributed by atoms with Crippen LogP contribution in [0, 0.1) is 11.3 Å². The highest BCUT2D eigenvalue weighted by Gasteiger charge is 2.37. The molecule has 0 unspecified atom stereocenters. The smallest absolute Gasteiger partial charge is 0.283 e. The summed E-state index contributed by atoms with van der Waals surface area (Å²) in [5, 5.41) is 9.73. The Bertz CT molecular complexity index is 892. The second-order valence-electron chi connectivity index (χ2n) is 6.72. The van der Waals surface area contributed by atoms with Crippen LogP contribution < -0.4 is 4.90 Å². The fourth-order valence-corrected chi connectivity index (χ4v) is 5.02. The second-order valence-corrected chi connectivity index (χ2v) is 9.29. The number of amidine groups is 3. The first-order valence-corrected chi connectivity index (χ1v) is 10.9. The zero-order valence-electron chi connectivity index (χ0n) is 15.5. The molecule has 0 saturated carbocycles. The van der Waals surface area contributed by atoms with Gasteiger partial charge in [0.25, 0.3) is 5.91 Å². The Hall–Kier alpha value is -1.58. The molecule has 0 aliphatic carbocycles. The third-order valence-corrected chi connectivity index (χ3v) is 6.62. The normalized spacial score (nSPS) is 18.1. The molecule has 0 fully saturated rings. The van der Waals surface area contributed by atoms with Crippen LogP contribution in [0.1, 0.15) is 19.4 Å². The van der Waals surface area contributed by atoms with Gasteiger partial charge in [-0.05, 0) is 45.6 Å². The summed E-state index contributed by atoms with van der Waals surface area (Å²) < 4.78 is 5.31. The summed E-state index contributed by atoms with van der Waals surface area (Å²) in [5.41, 5.74) is 2.14. The van der Waals surface area contributed by atoms with E-state index in [1.54, 1.807) is 22.7 Å². The van der Waals surface area contributed by atoms with Crippen molar-refractivity contribution in [3.05, 3.63) is 33.8 Å². The average molecular weight is 466 g/mol. The monoisotopic (exact) mass is 465 g/mol. The Kier molecular flexibility index (Phi) is 6.12. The second kappa shape index (κ2) is 8.20. The fraction of sp³-hybridized carbons (Fsp3) is 0.333. The number of hydrogen-bond donors (Lipinski definition) is 1. The lowest BCUT2D eigenvalue weighted by Crippen LogP contribution is -2.41.